The van der Waals surface area contributed by atoms with E-state index < -0.39 is 11.8 Å². The zero-order chi connectivity index (χ0) is 23.9. The molecule has 0 radical (unpaired) electrons. The number of morpholine rings is 1. The number of nitrogens with one attached hydrogen (secondary N) is 1. The Balaban J connectivity index is 1.68. The number of carbonyl (C=O) groups is 1. The van der Waals surface area contributed by atoms with Gasteiger partial charge in [0.05, 0.1) is 19.8 Å². The predicted octanol–water partition coefficient (Wildman–Crippen LogP) is 5.09. The number of rotatable bonds is 7. The van der Waals surface area contributed by atoms with E-state index in [1.807, 2.05) is 24.3 Å². The summed E-state index contributed by atoms with van der Waals surface area (Å²) in [5, 5.41) is 3.31. The average molecular weight is 483 g/mol. The highest BCUT2D eigenvalue weighted by Gasteiger charge is 2.19. The first kappa shape index (κ1) is 23.7. The van der Waals surface area contributed by atoms with E-state index in [1.165, 1.54) is 18.2 Å². The van der Waals surface area contributed by atoms with Crippen LogP contribution in [-0.2, 0) is 14.3 Å². The van der Waals surface area contributed by atoms with Gasteiger partial charge in [-0.15, -0.1) is 0 Å². The Morgan fingerprint density at radius 2 is 2.09 bits per heavy atom. The third-order valence-electron chi connectivity index (χ3n) is 5.09. The monoisotopic (exact) mass is 482 g/mol. The van der Waals surface area contributed by atoms with Gasteiger partial charge in [0, 0.05) is 41.6 Å². The van der Waals surface area contributed by atoms with Crippen molar-refractivity contribution in [2.45, 2.75) is 6.92 Å². The molecule has 0 saturated carbocycles. The molecule has 1 N–H and O–H groups in total. The quantitative estimate of drug-likeness (QED) is 0.371. The second-order valence-electron chi connectivity index (χ2n) is 7.52. The topological polar surface area (TPSA) is 76.6 Å². The van der Waals surface area contributed by atoms with Crippen molar-refractivity contribution in [2.75, 3.05) is 43.1 Å². The van der Waals surface area contributed by atoms with Crippen molar-refractivity contribution in [3.05, 3.63) is 71.1 Å². The largest absolute Gasteiger partial charge is 0.463 e. The molecule has 0 bridgehead atoms. The molecule has 0 unspecified atom stereocenters. The number of anilines is 3. The highest BCUT2D eigenvalue weighted by molar-refractivity contribution is 6.30. The molecule has 0 aliphatic carbocycles. The Hall–Kier alpha value is -3.49. The van der Waals surface area contributed by atoms with Gasteiger partial charge in [-0.05, 0) is 48.4 Å². The minimum atomic E-state index is -0.451. The van der Waals surface area contributed by atoms with E-state index >= 15 is 0 Å². The molecule has 1 saturated heterocycles. The predicted molar refractivity (Wildman–Crippen MR) is 131 cm³/mol. The van der Waals surface area contributed by atoms with Gasteiger partial charge in [0.1, 0.15) is 11.6 Å². The standard InChI is InChI=1S/C25H24ClFN4O3/c1-2-34-23(32)7-6-17-4-3-5-18(12-17)22-16-28-25(29-21-14-19(26)13-20(27)15-21)30-24(22)31-8-10-33-11-9-31/h3-7,12-16H,2,8-11H2,1H3,(H,28,29,30)/b7-6+. The summed E-state index contributed by atoms with van der Waals surface area (Å²) in [5.41, 5.74) is 3.02. The number of halogens is 2. The van der Waals surface area contributed by atoms with Gasteiger partial charge in [-0.3, -0.25) is 0 Å². The molecular weight excluding hydrogens is 459 g/mol. The Labute approximate surface area is 202 Å². The Morgan fingerprint density at radius 1 is 1.26 bits per heavy atom. The molecule has 2 aromatic carbocycles. The van der Waals surface area contributed by atoms with Gasteiger partial charge in [0.15, 0.2) is 0 Å². The second-order valence-corrected chi connectivity index (χ2v) is 7.96. The number of benzene rings is 2. The Bertz CT molecular complexity index is 1180. The molecule has 0 amide bonds. The normalized spacial score (nSPS) is 13.8. The molecule has 176 valence electrons. The number of nitrogens with zero attached hydrogens (tertiary/aromatic N) is 3. The highest BCUT2D eigenvalue weighted by atomic mass is 35.5. The SMILES string of the molecule is CCOC(=O)/C=C/c1cccc(-c2cnc(Nc3cc(F)cc(Cl)c3)nc2N2CCOCC2)c1. The lowest BCUT2D eigenvalue weighted by Gasteiger charge is -2.29. The van der Waals surface area contributed by atoms with Crippen LogP contribution in [0.2, 0.25) is 5.02 Å². The van der Waals surface area contributed by atoms with Crippen LogP contribution in [0.1, 0.15) is 12.5 Å². The number of ether oxygens (including phenoxy) is 2. The number of esters is 1. The minimum absolute atomic E-state index is 0.278. The van der Waals surface area contributed by atoms with E-state index in [4.69, 9.17) is 26.1 Å². The van der Waals surface area contributed by atoms with Crippen molar-refractivity contribution in [3.8, 4) is 11.1 Å². The molecular formula is C25H24ClFN4O3. The molecule has 1 aromatic heterocycles. The van der Waals surface area contributed by atoms with Crippen molar-refractivity contribution in [1.82, 2.24) is 9.97 Å². The lowest BCUT2D eigenvalue weighted by atomic mass is 10.0. The van der Waals surface area contributed by atoms with Gasteiger partial charge in [-0.2, -0.15) is 4.98 Å². The van der Waals surface area contributed by atoms with Crippen LogP contribution < -0.4 is 10.2 Å². The van der Waals surface area contributed by atoms with Crippen molar-refractivity contribution >= 4 is 41.1 Å². The van der Waals surface area contributed by atoms with E-state index in [0.717, 1.165) is 22.5 Å². The van der Waals surface area contributed by atoms with Gasteiger partial charge in [0.2, 0.25) is 5.95 Å². The van der Waals surface area contributed by atoms with Crippen molar-refractivity contribution < 1.29 is 18.7 Å². The van der Waals surface area contributed by atoms with E-state index in [-0.39, 0.29) is 5.02 Å². The summed E-state index contributed by atoms with van der Waals surface area (Å²) >= 11 is 5.97. The molecule has 1 aliphatic heterocycles. The Kier molecular flexibility index (Phi) is 7.72. The number of hydrogen-bond donors (Lipinski definition) is 1. The van der Waals surface area contributed by atoms with Crippen LogP contribution >= 0.6 is 11.6 Å². The summed E-state index contributed by atoms with van der Waals surface area (Å²) in [7, 11) is 0. The lowest BCUT2D eigenvalue weighted by molar-refractivity contribution is -0.137. The summed E-state index contributed by atoms with van der Waals surface area (Å²) in [4.78, 5) is 23.0. The van der Waals surface area contributed by atoms with Gasteiger partial charge >= 0.3 is 5.97 Å². The summed E-state index contributed by atoms with van der Waals surface area (Å²) in [6.07, 6.45) is 4.84. The number of carbonyl (C=O) groups excluding carboxylic acids is 1. The third kappa shape index (κ3) is 6.09. The molecule has 2 heterocycles. The zero-order valence-corrected chi connectivity index (χ0v) is 19.4. The molecule has 7 nitrogen and oxygen atoms in total. The van der Waals surface area contributed by atoms with E-state index in [9.17, 15) is 9.18 Å². The van der Waals surface area contributed by atoms with Gasteiger partial charge < -0.3 is 19.7 Å². The molecule has 3 aromatic rings. The van der Waals surface area contributed by atoms with Crippen molar-refractivity contribution in [1.29, 1.82) is 0 Å². The average Bonchev–Trinajstić information content (AvgIpc) is 2.83. The minimum Gasteiger partial charge on any atom is -0.463 e. The maximum atomic E-state index is 13.8. The molecule has 0 atom stereocenters. The number of aromatic nitrogens is 2. The summed E-state index contributed by atoms with van der Waals surface area (Å²) < 4.78 is 24.2. The van der Waals surface area contributed by atoms with Crippen LogP contribution in [0.3, 0.4) is 0 Å². The first-order valence-corrected chi connectivity index (χ1v) is 11.3. The molecule has 1 aliphatic rings. The second kappa shape index (κ2) is 11.1. The zero-order valence-electron chi connectivity index (χ0n) is 18.6. The molecule has 9 heteroatoms. The van der Waals surface area contributed by atoms with Gasteiger partial charge in [-0.1, -0.05) is 29.8 Å². The Morgan fingerprint density at radius 3 is 2.85 bits per heavy atom. The maximum absolute atomic E-state index is 13.8. The van der Waals surface area contributed by atoms with Crippen LogP contribution in [0.4, 0.5) is 21.8 Å². The smallest absolute Gasteiger partial charge is 0.330 e. The van der Waals surface area contributed by atoms with Crippen LogP contribution in [0, 0.1) is 5.82 Å². The molecule has 34 heavy (non-hydrogen) atoms. The summed E-state index contributed by atoms with van der Waals surface area (Å²) in [5.74, 6) is 0.214. The fourth-order valence-electron chi connectivity index (χ4n) is 3.57. The first-order chi connectivity index (χ1) is 16.5. The lowest BCUT2D eigenvalue weighted by Crippen LogP contribution is -2.37. The van der Waals surface area contributed by atoms with Crippen LogP contribution in [-0.4, -0.2) is 48.8 Å². The fraction of sp³-hybridized carbons (Fsp3) is 0.240. The van der Waals surface area contributed by atoms with Crippen molar-refractivity contribution in [2.24, 2.45) is 0 Å². The number of hydrogen-bond acceptors (Lipinski definition) is 7. The highest BCUT2D eigenvalue weighted by Crippen LogP contribution is 2.32. The van der Waals surface area contributed by atoms with E-state index in [0.29, 0.717) is 44.5 Å². The maximum Gasteiger partial charge on any atom is 0.330 e. The van der Waals surface area contributed by atoms with Crippen molar-refractivity contribution in [3.63, 3.8) is 0 Å². The third-order valence-corrected chi connectivity index (χ3v) is 5.31. The first-order valence-electron chi connectivity index (χ1n) is 10.9. The molecule has 0 spiro atoms. The van der Waals surface area contributed by atoms with E-state index in [1.54, 1.807) is 25.3 Å². The summed E-state index contributed by atoms with van der Waals surface area (Å²) in [6.45, 7) is 4.63. The van der Waals surface area contributed by atoms with Crippen LogP contribution in [0.25, 0.3) is 17.2 Å². The van der Waals surface area contributed by atoms with Gasteiger partial charge in [0.25, 0.3) is 0 Å². The van der Waals surface area contributed by atoms with Crippen LogP contribution in [0.5, 0.6) is 0 Å². The van der Waals surface area contributed by atoms with Gasteiger partial charge in [-0.25, -0.2) is 14.2 Å². The molecule has 1 fully saturated rings. The molecule has 4 rings (SSSR count). The fourth-order valence-corrected chi connectivity index (χ4v) is 3.79. The van der Waals surface area contributed by atoms with Crippen LogP contribution in [0.15, 0.2) is 54.7 Å². The van der Waals surface area contributed by atoms with E-state index in [2.05, 4.69) is 15.2 Å². The summed E-state index contributed by atoms with van der Waals surface area (Å²) in [6, 6.07) is 11.9.